The molecule has 0 spiro atoms. The fraction of sp³-hybridized carbons (Fsp3) is 0.318. The van der Waals surface area contributed by atoms with E-state index in [0.717, 1.165) is 5.56 Å². The monoisotopic (exact) mass is 412 g/mol. The number of nitrogens with one attached hydrogen (secondary N) is 2. The first-order valence-electron chi connectivity index (χ1n) is 9.28. The lowest BCUT2D eigenvalue weighted by atomic mass is 10.0. The Kier molecular flexibility index (Phi) is 5.61. The van der Waals surface area contributed by atoms with Crippen LogP contribution in [0.15, 0.2) is 52.1 Å². The summed E-state index contributed by atoms with van der Waals surface area (Å²) >= 11 is 5.27. The third kappa shape index (κ3) is 4.74. The molecule has 7 heteroatoms. The van der Waals surface area contributed by atoms with Gasteiger partial charge in [0.05, 0.1) is 5.57 Å². The van der Waals surface area contributed by atoms with Gasteiger partial charge in [0.1, 0.15) is 23.2 Å². The van der Waals surface area contributed by atoms with Crippen molar-refractivity contribution < 1.29 is 18.7 Å². The molecule has 1 aliphatic rings. The number of hydrogen-bond acceptors (Lipinski definition) is 5. The van der Waals surface area contributed by atoms with Crippen LogP contribution in [0.2, 0.25) is 0 Å². The summed E-state index contributed by atoms with van der Waals surface area (Å²) in [7, 11) is 0. The number of thiocarbonyl (C=S) groups is 1. The van der Waals surface area contributed by atoms with E-state index in [4.69, 9.17) is 21.4 Å². The summed E-state index contributed by atoms with van der Waals surface area (Å²) in [6, 6.07) is 10.2. The highest BCUT2D eigenvalue weighted by atomic mass is 32.1. The molecule has 0 radical (unpaired) electrons. The molecule has 3 rings (SSSR count). The first-order chi connectivity index (χ1) is 13.5. The predicted octanol–water partition coefficient (Wildman–Crippen LogP) is 4.28. The van der Waals surface area contributed by atoms with E-state index in [1.54, 1.807) is 25.1 Å². The molecule has 29 heavy (non-hydrogen) atoms. The molecule has 2 N–H and O–H groups in total. The summed E-state index contributed by atoms with van der Waals surface area (Å²) in [5, 5.41) is 6.47. The van der Waals surface area contributed by atoms with Crippen LogP contribution in [0.3, 0.4) is 0 Å². The molecule has 0 unspecified atom stereocenters. The Bertz CT molecular complexity index is 997. The molecule has 0 bridgehead atoms. The average molecular weight is 413 g/mol. The maximum atomic E-state index is 12.8. The first kappa shape index (κ1) is 20.8. The highest BCUT2D eigenvalue weighted by Crippen LogP contribution is 2.32. The highest BCUT2D eigenvalue weighted by Gasteiger charge is 2.34. The number of allylic oxidation sites excluding steroid dienone is 1. The van der Waals surface area contributed by atoms with E-state index in [1.165, 1.54) is 6.92 Å². The van der Waals surface area contributed by atoms with Crippen LogP contribution in [-0.2, 0) is 9.53 Å². The molecule has 1 atom stereocenters. The molecule has 2 aromatic rings. The minimum absolute atomic E-state index is 0.00622. The van der Waals surface area contributed by atoms with E-state index in [2.05, 4.69) is 10.6 Å². The standard InChI is InChI=1S/C22H24N2O4S/c1-12-18(20(26)28-22(3,4)5)19(24-21(29)23-12)17-11-10-16(27-17)15-8-6-14(7-9-15)13(2)25/h6-11,19H,1-5H3,(H2,23,24,29)/t19-/m0/s1. The Morgan fingerprint density at radius 2 is 1.76 bits per heavy atom. The smallest absolute Gasteiger partial charge is 0.338 e. The number of carbonyl (C=O) groups is 2. The molecule has 6 nitrogen and oxygen atoms in total. The Labute approximate surface area is 175 Å². The minimum Gasteiger partial charge on any atom is -0.459 e. The van der Waals surface area contributed by atoms with Crippen LogP contribution in [0.25, 0.3) is 11.3 Å². The third-order valence-electron chi connectivity index (χ3n) is 4.38. The number of ketones is 1. The second-order valence-electron chi connectivity index (χ2n) is 7.91. The molecular formula is C22H24N2O4S. The summed E-state index contributed by atoms with van der Waals surface area (Å²) in [6.45, 7) is 8.77. The first-order valence-corrected chi connectivity index (χ1v) is 9.69. The SMILES string of the molecule is CC(=O)c1ccc(-c2ccc([C@@H]3NC(=S)NC(C)=C3C(=O)OC(C)(C)C)o2)cc1. The number of furan rings is 1. The van der Waals surface area contributed by atoms with Crippen LogP contribution >= 0.6 is 12.2 Å². The van der Waals surface area contributed by atoms with E-state index in [-0.39, 0.29) is 5.78 Å². The number of rotatable bonds is 4. The van der Waals surface area contributed by atoms with Crippen molar-refractivity contribution in [3.05, 3.63) is 59.0 Å². The molecule has 0 aliphatic carbocycles. The number of esters is 1. The number of ether oxygens (including phenoxy) is 1. The largest absolute Gasteiger partial charge is 0.459 e. The highest BCUT2D eigenvalue weighted by molar-refractivity contribution is 7.80. The maximum Gasteiger partial charge on any atom is 0.338 e. The maximum absolute atomic E-state index is 12.8. The second kappa shape index (κ2) is 7.83. The van der Waals surface area contributed by atoms with Crippen LogP contribution < -0.4 is 10.6 Å². The summed E-state index contributed by atoms with van der Waals surface area (Å²) in [6.07, 6.45) is 0. The molecule has 0 saturated heterocycles. The molecular weight excluding hydrogens is 388 g/mol. The fourth-order valence-corrected chi connectivity index (χ4v) is 3.31. The van der Waals surface area contributed by atoms with Crippen molar-refractivity contribution in [1.82, 2.24) is 10.6 Å². The van der Waals surface area contributed by atoms with E-state index in [0.29, 0.717) is 33.5 Å². The zero-order valence-corrected chi connectivity index (χ0v) is 17.9. The average Bonchev–Trinajstić information content (AvgIpc) is 3.09. The van der Waals surface area contributed by atoms with E-state index < -0.39 is 17.6 Å². The van der Waals surface area contributed by atoms with Gasteiger partial charge < -0.3 is 19.8 Å². The lowest BCUT2D eigenvalue weighted by Crippen LogP contribution is -2.45. The minimum atomic E-state index is -0.625. The Morgan fingerprint density at radius 3 is 2.34 bits per heavy atom. The van der Waals surface area contributed by atoms with Gasteiger partial charge in [0.2, 0.25) is 0 Å². The van der Waals surface area contributed by atoms with Gasteiger partial charge in [-0.05, 0) is 59.0 Å². The van der Waals surface area contributed by atoms with Crippen molar-refractivity contribution in [1.29, 1.82) is 0 Å². The number of Topliss-reactive ketones (excluding diaryl/α,β-unsaturated/α-hetero) is 1. The molecule has 1 aliphatic heterocycles. The summed E-state index contributed by atoms with van der Waals surface area (Å²) < 4.78 is 11.6. The van der Waals surface area contributed by atoms with Gasteiger partial charge >= 0.3 is 5.97 Å². The van der Waals surface area contributed by atoms with Gasteiger partial charge in [0, 0.05) is 16.8 Å². The zero-order chi connectivity index (χ0) is 21.3. The van der Waals surface area contributed by atoms with Crippen LogP contribution in [0.4, 0.5) is 0 Å². The van der Waals surface area contributed by atoms with Crippen molar-refractivity contribution in [3.63, 3.8) is 0 Å². The van der Waals surface area contributed by atoms with Crippen LogP contribution in [0.5, 0.6) is 0 Å². The number of benzene rings is 1. The van der Waals surface area contributed by atoms with Crippen molar-refractivity contribution in [3.8, 4) is 11.3 Å². The molecule has 1 aromatic heterocycles. The number of hydrogen-bond donors (Lipinski definition) is 2. The van der Waals surface area contributed by atoms with Gasteiger partial charge in [-0.15, -0.1) is 0 Å². The molecule has 0 amide bonds. The van der Waals surface area contributed by atoms with Gasteiger partial charge in [-0.3, -0.25) is 4.79 Å². The topological polar surface area (TPSA) is 80.6 Å². The second-order valence-corrected chi connectivity index (χ2v) is 8.32. The molecule has 152 valence electrons. The molecule has 1 aromatic carbocycles. The van der Waals surface area contributed by atoms with Crippen LogP contribution in [-0.4, -0.2) is 22.5 Å². The van der Waals surface area contributed by atoms with Gasteiger partial charge in [0.15, 0.2) is 10.9 Å². The molecule has 0 saturated carbocycles. The third-order valence-corrected chi connectivity index (χ3v) is 4.60. The number of carbonyl (C=O) groups excluding carboxylic acids is 2. The van der Waals surface area contributed by atoms with Crippen molar-refractivity contribution in [2.45, 2.75) is 46.3 Å². The van der Waals surface area contributed by atoms with Gasteiger partial charge in [-0.25, -0.2) is 4.79 Å². The summed E-state index contributed by atoms with van der Waals surface area (Å²) in [5.41, 5.74) is 1.88. The Balaban J connectivity index is 1.93. The Morgan fingerprint density at radius 1 is 1.10 bits per heavy atom. The van der Waals surface area contributed by atoms with Crippen LogP contribution in [0.1, 0.15) is 56.8 Å². The van der Waals surface area contributed by atoms with Gasteiger partial charge in [-0.1, -0.05) is 24.3 Å². The van der Waals surface area contributed by atoms with E-state index in [9.17, 15) is 9.59 Å². The molecule has 0 fully saturated rings. The summed E-state index contributed by atoms with van der Waals surface area (Å²) in [4.78, 5) is 24.3. The fourth-order valence-electron chi connectivity index (χ4n) is 3.04. The summed E-state index contributed by atoms with van der Waals surface area (Å²) in [5.74, 6) is 0.736. The zero-order valence-electron chi connectivity index (χ0n) is 17.1. The normalized spacial score (nSPS) is 16.9. The van der Waals surface area contributed by atoms with E-state index in [1.807, 2.05) is 39.0 Å². The van der Waals surface area contributed by atoms with Crippen molar-refractivity contribution in [2.24, 2.45) is 0 Å². The van der Waals surface area contributed by atoms with Crippen molar-refractivity contribution in [2.75, 3.05) is 0 Å². The Hall–Kier alpha value is -2.93. The van der Waals surface area contributed by atoms with E-state index >= 15 is 0 Å². The van der Waals surface area contributed by atoms with Gasteiger partial charge in [0.25, 0.3) is 0 Å². The predicted molar refractivity (Wildman–Crippen MR) is 114 cm³/mol. The van der Waals surface area contributed by atoms with Crippen molar-refractivity contribution >= 4 is 29.1 Å². The quantitative estimate of drug-likeness (QED) is 0.441. The van der Waals surface area contributed by atoms with Crippen LogP contribution in [0, 0.1) is 0 Å². The lowest BCUT2D eigenvalue weighted by molar-refractivity contribution is -0.150. The van der Waals surface area contributed by atoms with Gasteiger partial charge in [-0.2, -0.15) is 0 Å². The lowest BCUT2D eigenvalue weighted by Gasteiger charge is -2.30. The molecule has 2 heterocycles.